The van der Waals surface area contributed by atoms with E-state index in [9.17, 15) is 27.2 Å². The number of nitrogens with zero attached hydrogens (tertiary/aromatic N) is 2. The van der Waals surface area contributed by atoms with Gasteiger partial charge in [-0.15, -0.1) is 41.6 Å². The molecule has 47 heavy (non-hydrogen) atoms. The van der Waals surface area contributed by atoms with E-state index in [-0.39, 0.29) is 0 Å². The van der Waals surface area contributed by atoms with Gasteiger partial charge in [-0.3, -0.25) is 9.13 Å². The number of rotatable bonds is 14. The maximum absolute atomic E-state index is 12.7. The largest absolute Gasteiger partial charge is 0.399 e. The molecule has 0 saturated carbocycles. The van der Waals surface area contributed by atoms with Gasteiger partial charge in [-0.2, -0.15) is 0 Å². The summed E-state index contributed by atoms with van der Waals surface area (Å²) in [5, 5.41) is 1.57. The molecular formula is C31H24F4N2O6P2S2. The minimum absolute atomic E-state index is 0.334. The molecule has 0 aliphatic heterocycles. The zero-order chi connectivity index (χ0) is 33.1. The van der Waals surface area contributed by atoms with Gasteiger partial charge in [-0.25, -0.2) is 9.97 Å². The summed E-state index contributed by atoms with van der Waals surface area (Å²) >= 11 is 3.06. The maximum atomic E-state index is 12.7. The normalized spacial score (nSPS) is 12.7. The summed E-state index contributed by atoms with van der Waals surface area (Å²) in [7, 11) is -9.16. The van der Waals surface area contributed by atoms with Crippen molar-refractivity contribution in [2.75, 3.05) is 0 Å². The van der Waals surface area contributed by atoms with Crippen molar-refractivity contribution in [3.8, 4) is 0 Å². The van der Waals surface area contributed by atoms with E-state index in [0.717, 1.165) is 41.6 Å². The summed E-state index contributed by atoms with van der Waals surface area (Å²) in [5.41, 5.74) is 3.08. The third-order valence-electron chi connectivity index (χ3n) is 7.64. The van der Waals surface area contributed by atoms with Crippen molar-refractivity contribution in [2.24, 2.45) is 0 Å². The van der Waals surface area contributed by atoms with Gasteiger partial charge in [0, 0.05) is 0 Å². The lowest BCUT2D eigenvalue weighted by Gasteiger charge is -2.31. The third-order valence-corrected chi connectivity index (χ3v) is 12.5. The zero-order valence-corrected chi connectivity index (χ0v) is 27.6. The molecule has 0 aliphatic carbocycles. The summed E-state index contributed by atoms with van der Waals surface area (Å²) in [6.45, 7) is 0. The lowest BCUT2D eigenvalue weighted by molar-refractivity contribution is -0.0881. The van der Waals surface area contributed by atoms with Crippen molar-refractivity contribution >= 4 is 58.3 Å². The minimum atomic E-state index is -4.58. The van der Waals surface area contributed by atoms with E-state index in [1.807, 2.05) is 48.5 Å². The molecular weight excluding hydrogens is 698 g/mol. The molecule has 0 amide bonds. The minimum Gasteiger partial charge on any atom is -0.254 e. The molecule has 0 radical (unpaired) electrons. The molecule has 6 aromatic rings. The molecule has 244 valence electrons. The molecule has 8 nitrogen and oxygen atoms in total. The zero-order valence-electron chi connectivity index (χ0n) is 24.1. The molecule has 0 atom stereocenters. The van der Waals surface area contributed by atoms with Crippen LogP contribution in [0.25, 0.3) is 20.4 Å². The second-order valence-electron chi connectivity index (χ2n) is 10.9. The topological polar surface area (TPSA) is 96.8 Å². The molecule has 6 rings (SSSR count). The Morgan fingerprint density at radius 3 is 1.21 bits per heavy atom. The number of para-hydroxylation sites is 2. The Labute approximate surface area is 273 Å². The predicted molar refractivity (Wildman–Crippen MR) is 172 cm³/mol. The van der Waals surface area contributed by atoms with Crippen LogP contribution in [0.4, 0.5) is 18.1 Å². The molecule has 2 aromatic heterocycles. The van der Waals surface area contributed by atoms with E-state index < -0.39 is 32.9 Å². The fourth-order valence-corrected chi connectivity index (χ4v) is 9.32. The third kappa shape index (κ3) is 7.25. The van der Waals surface area contributed by atoms with E-state index in [1.54, 1.807) is 48.5 Å². The predicted octanol–water partition coefficient (Wildman–Crippen LogP) is 10.7. The highest BCUT2D eigenvalue weighted by Crippen LogP contribution is 2.53. The lowest BCUT2D eigenvalue weighted by atomic mass is 9.77. The first-order valence-electron chi connectivity index (χ1n) is 14.0. The number of hydrogen-bond acceptors (Lipinski definition) is 10. The van der Waals surface area contributed by atoms with Crippen LogP contribution >= 0.6 is 37.9 Å². The van der Waals surface area contributed by atoms with Crippen LogP contribution in [0.1, 0.15) is 32.3 Å². The fourth-order valence-electron chi connectivity index (χ4n) is 5.40. The van der Waals surface area contributed by atoms with Gasteiger partial charge in [0.15, 0.2) is 0 Å². The van der Waals surface area contributed by atoms with Crippen LogP contribution in [0.5, 0.6) is 0 Å². The van der Waals surface area contributed by atoms with E-state index in [4.69, 9.17) is 9.97 Å². The van der Waals surface area contributed by atoms with E-state index in [1.165, 1.54) is 22.7 Å². The molecule has 0 aliphatic rings. The average Bonchev–Trinajstić information content (AvgIpc) is 3.75. The quantitative estimate of drug-likeness (QED) is 0.0810. The molecule has 0 saturated heterocycles. The van der Waals surface area contributed by atoms with Crippen LogP contribution in [-0.2, 0) is 58.6 Å². The van der Waals surface area contributed by atoms with Gasteiger partial charge in [0.05, 0.1) is 38.2 Å². The summed E-state index contributed by atoms with van der Waals surface area (Å²) in [6, 6.07) is 28.9. The molecule has 0 N–H and O–H groups in total. The smallest absolute Gasteiger partial charge is 0.254 e. The SMILES string of the molecule is O=P(Cc1ccc(CC(Cc2ccc(CP(=O)(OF)OF)cc2)(c2nc3ccccc3s2)c2nc3ccccc3s2)cc1)(OF)OF. The highest BCUT2D eigenvalue weighted by molar-refractivity contribution is 7.53. The van der Waals surface area contributed by atoms with Gasteiger partial charge in [-0.05, 0) is 77.5 Å². The van der Waals surface area contributed by atoms with Crippen LogP contribution in [0.3, 0.4) is 0 Å². The van der Waals surface area contributed by atoms with Gasteiger partial charge in [-0.1, -0.05) is 72.8 Å². The molecule has 0 spiro atoms. The number of halogens is 4. The first kappa shape index (κ1) is 33.6. The summed E-state index contributed by atoms with van der Waals surface area (Å²) in [5.74, 6) is 0. The van der Waals surface area contributed by atoms with Crippen molar-refractivity contribution < 1.29 is 46.1 Å². The summed E-state index contributed by atoms with van der Waals surface area (Å²) < 4.78 is 90.0. The molecule has 0 bridgehead atoms. The average molecular weight is 723 g/mol. The van der Waals surface area contributed by atoms with Gasteiger partial charge >= 0.3 is 15.2 Å². The van der Waals surface area contributed by atoms with E-state index in [0.29, 0.717) is 24.0 Å². The van der Waals surface area contributed by atoms with Crippen molar-refractivity contribution in [2.45, 2.75) is 30.6 Å². The van der Waals surface area contributed by atoms with E-state index >= 15 is 0 Å². The first-order chi connectivity index (χ1) is 22.7. The van der Waals surface area contributed by atoms with Gasteiger partial charge in [0.25, 0.3) is 0 Å². The first-order valence-corrected chi connectivity index (χ1v) is 19.1. The van der Waals surface area contributed by atoms with Gasteiger partial charge in [0.2, 0.25) is 0 Å². The fraction of sp³-hybridized carbons (Fsp3) is 0.161. The highest BCUT2D eigenvalue weighted by Gasteiger charge is 2.41. The molecule has 16 heteroatoms. The summed E-state index contributed by atoms with van der Waals surface area (Å²) in [6.07, 6.45) is -0.457. The van der Waals surface area contributed by atoms with Crippen LogP contribution in [0.15, 0.2) is 97.1 Å². The van der Waals surface area contributed by atoms with Crippen molar-refractivity contribution in [1.29, 1.82) is 0 Å². The Hall–Kier alpha value is -3.32. The standard InChI is InChI=1S/C31H24F4N2O6P2S2/c32-40-44(38,41-33)19-23-13-9-21(10-14-23)17-31(29-36-25-5-1-3-7-27(25)46-29,30-37-26-6-2-4-8-28(26)47-30)18-22-11-15-24(16-12-22)20-45(39,42-34)43-35/h1-16H,17-20H2. The number of fused-ring (bicyclic) bond motifs is 2. The van der Waals surface area contributed by atoms with Crippen LogP contribution in [0.2, 0.25) is 0 Å². The van der Waals surface area contributed by atoms with Crippen molar-refractivity contribution in [3.63, 3.8) is 0 Å². The molecule has 4 aromatic carbocycles. The van der Waals surface area contributed by atoms with Crippen molar-refractivity contribution in [1.82, 2.24) is 9.97 Å². The second-order valence-corrected chi connectivity index (χ2v) is 16.5. The Bertz CT molecular complexity index is 1860. The Balaban J connectivity index is 1.47. The van der Waals surface area contributed by atoms with Gasteiger partial charge < -0.3 is 0 Å². The Kier molecular flexibility index (Phi) is 10.0. The molecule has 0 unspecified atom stereocenters. The monoisotopic (exact) mass is 722 g/mol. The van der Waals surface area contributed by atoms with E-state index in [2.05, 4.69) is 18.9 Å². The number of thiazole rings is 2. The van der Waals surface area contributed by atoms with Gasteiger partial charge in [0.1, 0.15) is 10.0 Å². The van der Waals surface area contributed by atoms with Crippen LogP contribution < -0.4 is 0 Å². The molecule has 2 heterocycles. The lowest BCUT2D eigenvalue weighted by Crippen LogP contribution is -2.33. The number of aromatic nitrogens is 2. The Morgan fingerprint density at radius 1 is 0.532 bits per heavy atom. The second kappa shape index (κ2) is 14.0. The Morgan fingerprint density at radius 2 is 0.872 bits per heavy atom. The number of hydrogen-bond donors (Lipinski definition) is 0. The summed E-state index contributed by atoms with van der Waals surface area (Å²) in [4.78, 5) is 10.2. The highest BCUT2D eigenvalue weighted by atomic mass is 32.1. The van der Waals surface area contributed by atoms with Crippen molar-refractivity contribution in [3.05, 3.63) is 129 Å². The van der Waals surface area contributed by atoms with Crippen LogP contribution in [-0.4, -0.2) is 9.97 Å². The van der Waals surface area contributed by atoms with Crippen LogP contribution in [0, 0.1) is 0 Å². The number of benzene rings is 4. The molecule has 0 fully saturated rings. The maximum Gasteiger partial charge on any atom is 0.399 e.